The molecule has 1 saturated carbocycles. The minimum Gasteiger partial charge on any atom is -0.299 e. The molecule has 2 aromatic carbocycles. The molecule has 2 aromatic rings. The Kier molecular flexibility index (Phi) is 6.58. The molecule has 23 heavy (non-hydrogen) atoms. The van der Waals surface area contributed by atoms with Crippen LogP contribution in [0.15, 0.2) is 48.5 Å². The molecular formula is C22H28O. The third-order valence-corrected chi connectivity index (χ3v) is 4.50. The van der Waals surface area contributed by atoms with Gasteiger partial charge in [-0.05, 0) is 45.6 Å². The first-order chi connectivity index (χ1) is 11.0. The van der Waals surface area contributed by atoms with Crippen LogP contribution in [0.2, 0.25) is 0 Å². The van der Waals surface area contributed by atoms with Gasteiger partial charge in [0.1, 0.15) is 5.78 Å². The summed E-state index contributed by atoms with van der Waals surface area (Å²) in [4.78, 5) is 11.7. The van der Waals surface area contributed by atoms with Crippen LogP contribution in [-0.4, -0.2) is 5.78 Å². The van der Waals surface area contributed by atoms with E-state index in [0.717, 1.165) is 25.7 Å². The van der Waals surface area contributed by atoms with E-state index in [1.165, 1.54) is 28.7 Å². The summed E-state index contributed by atoms with van der Waals surface area (Å²) in [7, 11) is 0. The lowest BCUT2D eigenvalue weighted by atomic mass is 9.84. The van der Waals surface area contributed by atoms with E-state index in [9.17, 15) is 4.79 Å². The summed E-state index contributed by atoms with van der Waals surface area (Å²) in [6.07, 6.45) is 5.16. The summed E-state index contributed by atoms with van der Waals surface area (Å²) in [6.45, 7) is 6.29. The minimum atomic E-state index is 0.293. The first kappa shape index (κ1) is 17.5. The summed E-state index contributed by atoms with van der Waals surface area (Å²) in [5.74, 6) is 0.767. The fraction of sp³-hybridized carbons (Fsp3) is 0.409. The Labute approximate surface area is 140 Å². The van der Waals surface area contributed by atoms with Gasteiger partial charge < -0.3 is 0 Å². The van der Waals surface area contributed by atoms with Crippen LogP contribution in [-0.2, 0) is 11.2 Å². The lowest BCUT2D eigenvalue weighted by Gasteiger charge is -2.20. The zero-order valence-electron chi connectivity index (χ0n) is 14.6. The maximum Gasteiger partial charge on any atom is 0.136 e. The zero-order valence-corrected chi connectivity index (χ0v) is 14.6. The van der Waals surface area contributed by atoms with Gasteiger partial charge >= 0.3 is 0 Å². The minimum absolute atomic E-state index is 0.293. The Morgan fingerprint density at radius 2 is 1.26 bits per heavy atom. The van der Waals surface area contributed by atoms with Crippen LogP contribution in [0.1, 0.15) is 47.9 Å². The van der Waals surface area contributed by atoms with Crippen molar-refractivity contribution < 1.29 is 4.79 Å². The van der Waals surface area contributed by atoms with Gasteiger partial charge in [0.05, 0.1) is 0 Å². The molecule has 1 nitrogen and oxygen atoms in total. The molecule has 122 valence electrons. The fourth-order valence-electron chi connectivity index (χ4n) is 2.92. The summed E-state index contributed by atoms with van der Waals surface area (Å²) >= 11 is 0. The van der Waals surface area contributed by atoms with Crippen LogP contribution in [0.25, 0.3) is 0 Å². The van der Waals surface area contributed by atoms with Crippen molar-refractivity contribution in [3.63, 3.8) is 0 Å². The van der Waals surface area contributed by atoms with Gasteiger partial charge in [-0.25, -0.2) is 0 Å². The fourth-order valence-corrected chi connectivity index (χ4v) is 2.92. The van der Waals surface area contributed by atoms with Crippen molar-refractivity contribution in [1.29, 1.82) is 0 Å². The predicted octanol–water partition coefficient (Wildman–Crippen LogP) is 5.60. The maximum absolute atomic E-state index is 11.7. The molecule has 1 fully saturated rings. The maximum atomic E-state index is 11.7. The number of benzene rings is 2. The number of aryl methyl sites for hydroxylation is 3. The molecule has 1 heteroatoms. The van der Waals surface area contributed by atoms with Gasteiger partial charge in [-0.2, -0.15) is 0 Å². The molecule has 0 spiro atoms. The molecule has 0 aromatic heterocycles. The normalized spacial score (nSPS) is 17.3. The second kappa shape index (κ2) is 8.67. The van der Waals surface area contributed by atoms with Crippen LogP contribution >= 0.6 is 0 Å². The van der Waals surface area contributed by atoms with Gasteiger partial charge in [0.15, 0.2) is 0 Å². The van der Waals surface area contributed by atoms with Gasteiger partial charge in [-0.1, -0.05) is 71.6 Å². The zero-order chi connectivity index (χ0) is 16.7. The third kappa shape index (κ3) is 6.02. The van der Waals surface area contributed by atoms with Crippen LogP contribution in [0.4, 0.5) is 0 Å². The van der Waals surface area contributed by atoms with E-state index in [1.807, 2.05) is 0 Å². The van der Waals surface area contributed by atoms with Crippen molar-refractivity contribution >= 4 is 5.78 Å². The first-order valence-electron chi connectivity index (χ1n) is 8.66. The Morgan fingerprint density at radius 3 is 1.74 bits per heavy atom. The number of carbonyl (C=O) groups is 1. The topological polar surface area (TPSA) is 17.1 Å². The molecule has 1 aliphatic rings. The summed E-state index contributed by atoms with van der Waals surface area (Å²) < 4.78 is 0. The van der Waals surface area contributed by atoms with Gasteiger partial charge in [-0.15, -0.1) is 0 Å². The lowest BCUT2D eigenvalue weighted by molar-refractivity contribution is -0.124. The van der Waals surface area contributed by atoms with Crippen LogP contribution in [0.5, 0.6) is 0 Å². The number of carbonyl (C=O) groups excluding carboxylic acids is 1. The largest absolute Gasteiger partial charge is 0.299 e. The highest BCUT2D eigenvalue weighted by Crippen LogP contribution is 2.24. The molecule has 0 saturated heterocycles. The molecule has 1 aliphatic carbocycles. The number of ketones is 1. The molecule has 3 rings (SSSR count). The molecular weight excluding hydrogens is 280 g/mol. The van der Waals surface area contributed by atoms with Crippen molar-refractivity contribution in [1.82, 2.24) is 0 Å². The average Bonchev–Trinajstić information content (AvgIpc) is 2.55. The van der Waals surface area contributed by atoms with Crippen molar-refractivity contribution in [3.05, 3.63) is 70.8 Å². The molecule has 1 atom stereocenters. The van der Waals surface area contributed by atoms with Crippen molar-refractivity contribution in [2.24, 2.45) is 5.92 Å². The number of hydrogen-bond acceptors (Lipinski definition) is 1. The SMILES string of the molecule is Cc1ccc(C)cc1.Cc1ccc(CC2CCCCC2=O)cc1. The first-order valence-corrected chi connectivity index (χ1v) is 8.66. The van der Waals surface area contributed by atoms with Crippen LogP contribution in [0, 0.1) is 26.7 Å². The quantitative estimate of drug-likeness (QED) is 0.705. The second-order valence-electron chi connectivity index (χ2n) is 6.75. The molecule has 0 heterocycles. The summed E-state index contributed by atoms with van der Waals surface area (Å²) in [6, 6.07) is 17.0. The molecule has 0 aliphatic heterocycles. The molecule has 0 N–H and O–H groups in total. The molecule has 0 radical (unpaired) electrons. The van der Waals surface area contributed by atoms with Gasteiger partial charge in [-0.3, -0.25) is 4.79 Å². The molecule has 1 unspecified atom stereocenters. The van der Waals surface area contributed by atoms with Crippen molar-refractivity contribution in [3.8, 4) is 0 Å². The molecule has 0 bridgehead atoms. The summed E-state index contributed by atoms with van der Waals surface area (Å²) in [5.41, 5.74) is 5.25. The number of Topliss-reactive ketones (excluding diaryl/α,β-unsaturated/α-hetero) is 1. The van der Waals surface area contributed by atoms with E-state index < -0.39 is 0 Å². The monoisotopic (exact) mass is 308 g/mol. The molecule has 0 amide bonds. The Hall–Kier alpha value is -1.89. The highest BCUT2D eigenvalue weighted by molar-refractivity contribution is 5.81. The standard InChI is InChI=1S/C14H18O.C8H10/c1-11-6-8-12(9-7-11)10-13-4-2-3-5-14(13)15;1-7-3-5-8(2)6-4-7/h6-9,13H,2-5,10H2,1H3;3-6H,1-2H3. The smallest absolute Gasteiger partial charge is 0.136 e. The van der Waals surface area contributed by atoms with E-state index in [1.54, 1.807) is 0 Å². The van der Waals surface area contributed by atoms with E-state index in [2.05, 4.69) is 69.3 Å². The van der Waals surface area contributed by atoms with Gasteiger partial charge in [0.2, 0.25) is 0 Å². The second-order valence-corrected chi connectivity index (χ2v) is 6.75. The number of rotatable bonds is 2. The Morgan fingerprint density at radius 1 is 0.783 bits per heavy atom. The average molecular weight is 308 g/mol. The Balaban J connectivity index is 0.000000203. The lowest BCUT2D eigenvalue weighted by Crippen LogP contribution is -2.20. The summed E-state index contributed by atoms with van der Waals surface area (Å²) in [5, 5.41) is 0. The van der Waals surface area contributed by atoms with Crippen molar-refractivity contribution in [2.75, 3.05) is 0 Å². The highest BCUT2D eigenvalue weighted by atomic mass is 16.1. The van der Waals surface area contributed by atoms with Crippen molar-refractivity contribution in [2.45, 2.75) is 52.9 Å². The predicted molar refractivity (Wildman–Crippen MR) is 97.8 cm³/mol. The van der Waals surface area contributed by atoms with E-state index in [0.29, 0.717) is 11.7 Å². The Bertz CT molecular complexity index is 586. The van der Waals surface area contributed by atoms with E-state index in [-0.39, 0.29) is 0 Å². The van der Waals surface area contributed by atoms with E-state index >= 15 is 0 Å². The number of hydrogen-bond donors (Lipinski definition) is 0. The van der Waals surface area contributed by atoms with Gasteiger partial charge in [0.25, 0.3) is 0 Å². The van der Waals surface area contributed by atoms with Crippen LogP contribution in [0.3, 0.4) is 0 Å². The third-order valence-electron chi connectivity index (χ3n) is 4.50. The van der Waals surface area contributed by atoms with Gasteiger partial charge in [0, 0.05) is 12.3 Å². The van der Waals surface area contributed by atoms with E-state index in [4.69, 9.17) is 0 Å². The highest BCUT2D eigenvalue weighted by Gasteiger charge is 2.21. The van der Waals surface area contributed by atoms with Crippen LogP contribution < -0.4 is 0 Å².